The predicted molar refractivity (Wildman–Crippen MR) is 52.7 cm³/mol. The summed E-state index contributed by atoms with van der Waals surface area (Å²) in [5.74, 6) is 0.680. The predicted octanol–water partition coefficient (Wildman–Crippen LogP) is 0.114. The Hall–Kier alpha value is 0.0700. The topological polar surface area (TPSA) is 49.3 Å². The van der Waals surface area contributed by atoms with E-state index in [1.165, 1.54) is 0 Å². The van der Waals surface area contributed by atoms with E-state index in [4.69, 9.17) is 5.11 Å². The van der Waals surface area contributed by atoms with Crippen molar-refractivity contribution in [1.29, 1.82) is 0 Å². The highest BCUT2D eigenvalue weighted by atomic mass is 32.2. The maximum atomic E-state index is 10.8. The van der Waals surface area contributed by atoms with Gasteiger partial charge >= 0.3 is 0 Å². The molecule has 0 aliphatic carbocycles. The molecule has 3 unspecified atom stereocenters. The van der Waals surface area contributed by atoms with Crippen LogP contribution in [0.25, 0.3) is 0 Å². The molecule has 0 fully saturated rings. The van der Waals surface area contributed by atoms with E-state index in [1.807, 2.05) is 6.92 Å². The lowest BCUT2D eigenvalue weighted by molar-refractivity contribution is 0.183. The summed E-state index contributed by atoms with van der Waals surface area (Å²) in [6.07, 6.45) is 2.20. The zero-order valence-electron chi connectivity index (χ0n) is 8.04. The van der Waals surface area contributed by atoms with Crippen molar-refractivity contribution in [3.8, 4) is 0 Å². The van der Waals surface area contributed by atoms with Gasteiger partial charge in [-0.3, -0.25) is 4.21 Å². The lowest BCUT2D eigenvalue weighted by Crippen LogP contribution is -2.32. The highest BCUT2D eigenvalue weighted by Crippen LogP contribution is 1.89. The van der Waals surface area contributed by atoms with Crippen molar-refractivity contribution in [2.75, 3.05) is 18.6 Å². The van der Waals surface area contributed by atoms with E-state index in [0.29, 0.717) is 5.75 Å². The van der Waals surface area contributed by atoms with Gasteiger partial charge in [0.2, 0.25) is 0 Å². The van der Waals surface area contributed by atoms with E-state index in [-0.39, 0.29) is 12.1 Å². The zero-order valence-corrected chi connectivity index (χ0v) is 8.86. The van der Waals surface area contributed by atoms with E-state index in [0.717, 1.165) is 13.0 Å². The van der Waals surface area contributed by atoms with Crippen molar-refractivity contribution < 1.29 is 9.32 Å². The summed E-state index contributed by atoms with van der Waals surface area (Å²) in [6, 6.07) is 0.273. The van der Waals surface area contributed by atoms with Crippen LogP contribution in [0, 0.1) is 0 Å². The van der Waals surface area contributed by atoms with Gasteiger partial charge in [0.1, 0.15) is 0 Å². The molecule has 3 nitrogen and oxygen atoms in total. The highest BCUT2D eigenvalue weighted by molar-refractivity contribution is 7.84. The molecule has 0 saturated carbocycles. The highest BCUT2D eigenvalue weighted by Gasteiger charge is 2.03. The number of aliphatic hydroxyl groups excluding tert-OH is 1. The molecule has 0 aliphatic heterocycles. The number of rotatable bonds is 6. The fraction of sp³-hybridized carbons (Fsp3) is 1.00. The van der Waals surface area contributed by atoms with Gasteiger partial charge in [0.05, 0.1) is 6.10 Å². The van der Waals surface area contributed by atoms with Crippen LogP contribution in [0.1, 0.15) is 20.3 Å². The van der Waals surface area contributed by atoms with Gasteiger partial charge in [-0.1, -0.05) is 0 Å². The molecule has 0 heterocycles. The molecule has 0 spiro atoms. The van der Waals surface area contributed by atoms with Gasteiger partial charge in [0.25, 0.3) is 0 Å². The van der Waals surface area contributed by atoms with E-state index in [9.17, 15) is 4.21 Å². The third-order valence-electron chi connectivity index (χ3n) is 1.54. The Morgan fingerprint density at radius 3 is 2.50 bits per heavy atom. The summed E-state index contributed by atoms with van der Waals surface area (Å²) < 4.78 is 10.8. The molecule has 0 radical (unpaired) electrons. The Morgan fingerprint density at radius 1 is 1.50 bits per heavy atom. The van der Waals surface area contributed by atoms with E-state index in [1.54, 1.807) is 13.2 Å². The Morgan fingerprint density at radius 2 is 2.08 bits per heavy atom. The summed E-state index contributed by atoms with van der Waals surface area (Å²) in [5.41, 5.74) is 0. The smallest absolute Gasteiger partial charge is 0.0524 e. The van der Waals surface area contributed by atoms with E-state index < -0.39 is 10.8 Å². The van der Waals surface area contributed by atoms with Gasteiger partial charge in [0, 0.05) is 28.9 Å². The molecule has 3 atom stereocenters. The SMILES string of the molecule is CC(O)CCNC(C)CS(C)=O. The Labute approximate surface area is 77.0 Å². The quantitative estimate of drug-likeness (QED) is 0.629. The van der Waals surface area contributed by atoms with Gasteiger partial charge in [-0.25, -0.2) is 0 Å². The first kappa shape index (κ1) is 12.1. The van der Waals surface area contributed by atoms with Crippen LogP contribution in [0.5, 0.6) is 0 Å². The summed E-state index contributed by atoms with van der Waals surface area (Å²) in [4.78, 5) is 0. The van der Waals surface area contributed by atoms with Crippen molar-refractivity contribution in [2.24, 2.45) is 0 Å². The average Bonchev–Trinajstić information content (AvgIpc) is 1.84. The standard InChI is InChI=1S/C8H19NO2S/c1-7(6-12(3)11)9-5-4-8(2)10/h7-10H,4-6H2,1-3H3. The second kappa shape index (κ2) is 6.57. The molecule has 12 heavy (non-hydrogen) atoms. The molecule has 0 saturated heterocycles. The maximum Gasteiger partial charge on any atom is 0.0524 e. The second-order valence-corrected chi connectivity index (χ2v) is 4.71. The average molecular weight is 193 g/mol. The Kier molecular flexibility index (Phi) is 6.61. The van der Waals surface area contributed by atoms with E-state index in [2.05, 4.69) is 5.32 Å². The van der Waals surface area contributed by atoms with Crippen molar-refractivity contribution in [3.63, 3.8) is 0 Å². The molecule has 2 N–H and O–H groups in total. The molecule has 0 aliphatic rings. The maximum absolute atomic E-state index is 10.8. The third kappa shape index (κ3) is 8.17. The van der Waals surface area contributed by atoms with Crippen LogP contribution in [0.4, 0.5) is 0 Å². The van der Waals surface area contributed by atoms with Crippen molar-refractivity contribution in [1.82, 2.24) is 5.32 Å². The van der Waals surface area contributed by atoms with Crippen LogP contribution in [0.3, 0.4) is 0 Å². The summed E-state index contributed by atoms with van der Waals surface area (Å²) >= 11 is 0. The van der Waals surface area contributed by atoms with Crippen molar-refractivity contribution in [2.45, 2.75) is 32.4 Å². The molecule has 0 rings (SSSR count). The van der Waals surface area contributed by atoms with Crippen LogP contribution in [-0.2, 0) is 10.8 Å². The first-order valence-electron chi connectivity index (χ1n) is 4.24. The van der Waals surface area contributed by atoms with Crippen molar-refractivity contribution >= 4 is 10.8 Å². The number of hydrogen-bond donors (Lipinski definition) is 2. The minimum atomic E-state index is -0.735. The van der Waals surface area contributed by atoms with Crippen LogP contribution in [0.15, 0.2) is 0 Å². The van der Waals surface area contributed by atoms with Gasteiger partial charge in [-0.2, -0.15) is 0 Å². The Balaban J connectivity index is 3.31. The fourth-order valence-corrected chi connectivity index (χ4v) is 1.77. The molecule has 74 valence electrons. The summed E-state index contributed by atoms with van der Waals surface area (Å²) in [7, 11) is -0.735. The van der Waals surface area contributed by atoms with E-state index >= 15 is 0 Å². The monoisotopic (exact) mass is 193 g/mol. The molecule has 4 heteroatoms. The molecular weight excluding hydrogens is 174 g/mol. The number of aliphatic hydroxyl groups is 1. The minimum Gasteiger partial charge on any atom is -0.393 e. The third-order valence-corrected chi connectivity index (χ3v) is 2.51. The summed E-state index contributed by atoms with van der Waals surface area (Å²) in [6.45, 7) is 4.56. The Bertz CT molecular complexity index is 139. The molecular formula is C8H19NO2S. The molecule has 0 aromatic heterocycles. The number of hydrogen-bond acceptors (Lipinski definition) is 3. The molecule has 0 amide bonds. The molecule has 0 aromatic carbocycles. The van der Waals surface area contributed by atoms with Gasteiger partial charge in [0.15, 0.2) is 0 Å². The first-order chi connectivity index (χ1) is 5.52. The lowest BCUT2D eigenvalue weighted by atomic mass is 10.3. The van der Waals surface area contributed by atoms with Gasteiger partial charge < -0.3 is 10.4 Å². The zero-order chi connectivity index (χ0) is 9.56. The van der Waals surface area contributed by atoms with Crippen LogP contribution in [0.2, 0.25) is 0 Å². The fourth-order valence-electron chi connectivity index (χ4n) is 0.950. The molecule has 0 aromatic rings. The minimum absolute atomic E-state index is 0.253. The lowest BCUT2D eigenvalue weighted by Gasteiger charge is -2.12. The largest absolute Gasteiger partial charge is 0.393 e. The first-order valence-corrected chi connectivity index (χ1v) is 5.96. The van der Waals surface area contributed by atoms with Gasteiger partial charge in [-0.05, 0) is 26.8 Å². The molecule has 0 bridgehead atoms. The summed E-state index contributed by atoms with van der Waals surface area (Å²) in [5, 5.41) is 12.1. The van der Waals surface area contributed by atoms with Crippen molar-refractivity contribution in [3.05, 3.63) is 0 Å². The van der Waals surface area contributed by atoms with Crippen LogP contribution in [-0.4, -0.2) is 40.0 Å². The number of nitrogens with one attached hydrogen (secondary N) is 1. The van der Waals surface area contributed by atoms with Crippen LogP contribution < -0.4 is 5.32 Å². The second-order valence-electron chi connectivity index (χ2n) is 3.23. The van der Waals surface area contributed by atoms with Crippen LogP contribution >= 0.6 is 0 Å². The van der Waals surface area contributed by atoms with Gasteiger partial charge in [-0.15, -0.1) is 0 Å². The normalized spacial score (nSPS) is 18.7.